The molecule has 0 aliphatic rings. The first kappa shape index (κ1) is 9.71. The molecule has 2 nitrogen and oxygen atoms in total. The summed E-state index contributed by atoms with van der Waals surface area (Å²) in [6.45, 7) is 4.39. The summed E-state index contributed by atoms with van der Waals surface area (Å²) in [6, 6.07) is 6.09. The van der Waals surface area contributed by atoms with Crippen LogP contribution in [0, 0.1) is 5.92 Å². The van der Waals surface area contributed by atoms with Crippen LogP contribution < -0.4 is 0 Å². The van der Waals surface area contributed by atoms with E-state index >= 15 is 0 Å². The van der Waals surface area contributed by atoms with Crippen LogP contribution in [0.4, 0.5) is 0 Å². The van der Waals surface area contributed by atoms with Crippen LogP contribution in [0.15, 0.2) is 22.7 Å². The lowest BCUT2D eigenvalue weighted by Gasteiger charge is -1.98. The van der Waals surface area contributed by atoms with Crippen molar-refractivity contribution in [1.29, 1.82) is 0 Å². The maximum atomic E-state index is 4.55. The summed E-state index contributed by atoms with van der Waals surface area (Å²) < 4.78 is 1.06. The Morgan fingerprint density at radius 2 is 2.21 bits per heavy atom. The number of rotatable bonds is 2. The molecular formula is C11H13BrN2. The highest BCUT2D eigenvalue weighted by Crippen LogP contribution is 2.22. The number of hydrogen-bond acceptors (Lipinski definition) is 1. The van der Waals surface area contributed by atoms with Gasteiger partial charge in [0, 0.05) is 10.9 Å². The molecule has 0 bridgehead atoms. The molecule has 0 atom stereocenters. The number of hydrogen-bond donors (Lipinski definition) is 1. The van der Waals surface area contributed by atoms with Crippen LogP contribution in [-0.2, 0) is 6.42 Å². The summed E-state index contributed by atoms with van der Waals surface area (Å²) in [5.41, 5.74) is 2.14. The van der Waals surface area contributed by atoms with Gasteiger partial charge in [-0.1, -0.05) is 19.9 Å². The van der Waals surface area contributed by atoms with Crippen LogP contribution in [0.5, 0.6) is 0 Å². The Morgan fingerprint density at radius 1 is 1.43 bits per heavy atom. The van der Waals surface area contributed by atoms with Crippen molar-refractivity contribution in [3.05, 3.63) is 28.5 Å². The lowest BCUT2D eigenvalue weighted by molar-refractivity contribution is 0.627. The summed E-state index contributed by atoms with van der Waals surface area (Å²) in [7, 11) is 0. The maximum absolute atomic E-state index is 4.55. The fourth-order valence-corrected chi connectivity index (χ4v) is 1.99. The second-order valence-corrected chi connectivity index (χ2v) is 4.77. The van der Waals surface area contributed by atoms with E-state index in [1.54, 1.807) is 0 Å². The molecule has 2 aromatic rings. The van der Waals surface area contributed by atoms with Crippen LogP contribution in [0.3, 0.4) is 0 Å². The molecule has 0 fully saturated rings. The number of aromatic nitrogens is 2. The molecule has 0 aliphatic heterocycles. The molecular weight excluding hydrogens is 240 g/mol. The average Bonchev–Trinajstić information content (AvgIpc) is 2.47. The largest absolute Gasteiger partial charge is 0.342 e. The lowest BCUT2D eigenvalue weighted by atomic mass is 10.1. The Morgan fingerprint density at radius 3 is 2.86 bits per heavy atom. The highest BCUT2D eigenvalue weighted by molar-refractivity contribution is 9.10. The third kappa shape index (κ3) is 1.82. The summed E-state index contributed by atoms with van der Waals surface area (Å²) >= 11 is 3.49. The number of H-pyrrole nitrogens is 1. The van der Waals surface area contributed by atoms with Gasteiger partial charge in [-0.2, -0.15) is 0 Å². The minimum absolute atomic E-state index is 0.634. The monoisotopic (exact) mass is 252 g/mol. The van der Waals surface area contributed by atoms with Gasteiger partial charge in [0.25, 0.3) is 0 Å². The van der Waals surface area contributed by atoms with Gasteiger partial charge in [0.05, 0.1) is 5.52 Å². The van der Waals surface area contributed by atoms with Gasteiger partial charge in [-0.25, -0.2) is 4.98 Å². The highest BCUT2D eigenvalue weighted by Gasteiger charge is 2.06. The van der Waals surface area contributed by atoms with Crippen LogP contribution in [-0.4, -0.2) is 9.97 Å². The van der Waals surface area contributed by atoms with Gasteiger partial charge >= 0.3 is 0 Å². The lowest BCUT2D eigenvalue weighted by Crippen LogP contribution is -1.95. The van der Waals surface area contributed by atoms with Crippen LogP contribution in [0.1, 0.15) is 19.7 Å². The topological polar surface area (TPSA) is 28.7 Å². The second kappa shape index (κ2) is 3.73. The Hall–Kier alpha value is -0.830. The SMILES string of the molecule is CC(C)Cc1nc2c(Br)cccc2[nH]1. The number of aromatic amines is 1. The summed E-state index contributed by atoms with van der Waals surface area (Å²) in [5.74, 6) is 1.70. The molecule has 74 valence electrons. The zero-order valence-corrected chi connectivity index (χ0v) is 9.93. The van der Waals surface area contributed by atoms with Crippen molar-refractivity contribution in [1.82, 2.24) is 9.97 Å². The van der Waals surface area contributed by atoms with Crippen molar-refractivity contribution < 1.29 is 0 Å². The van der Waals surface area contributed by atoms with Gasteiger partial charge in [-0.05, 0) is 34.0 Å². The maximum Gasteiger partial charge on any atom is 0.107 e. The highest BCUT2D eigenvalue weighted by atomic mass is 79.9. The van der Waals surface area contributed by atoms with Crippen molar-refractivity contribution in [3.8, 4) is 0 Å². The fraction of sp³-hybridized carbons (Fsp3) is 0.364. The van der Waals surface area contributed by atoms with E-state index in [-0.39, 0.29) is 0 Å². The molecule has 1 N–H and O–H groups in total. The number of fused-ring (bicyclic) bond motifs is 1. The third-order valence-corrected chi connectivity index (χ3v) is 2.75. The predicted molar refractivity (Wildman–Crippen MR) is 62.3 cm³/mol. The normalized spacial score (nSPS) is 11.4. The van der Waals surface area contributed by atoms with Gasteiger partial charge in [0.1, 0.15) is 11.3 Å². The molecule has 0 amide bonds. The number of para-hydroxylation sites is 1. The number of nitrogens with one attached hydrogen (secondary N) is 1. The van der Waals surface area contributed by atoms with Crippen LogP contribution >= 0.6 is 15.9 Å². The Kier molecular flexibility index (Phi) is 2.59. The Balaban J connectivity index is 2.46. The number of imidazole rings is 1. The smallest absolute Gasteiger partial charge is 0.107 e. The standard InChI is InChI=1S/C11H13BrN2/c1-7(2)6-10-13-9-5-3-4-8(12)11(9)14-10/h3-5,7H,6H2,1-2H3,(H,13,14). The first-order valence-corrected chi connectivity index (χ1v) is 5.59. The van der Waals surface area contributed by atoms with Gasteiger partial charge < -0.3 is 4.98 Å². The van der Waals surface area contributed by atoms with E-state index in [0.29, 0.717) is 5.92 Å². The molecule has 0 unspecified atom stereocenters. The van der Waals surface area contributed by atoms with Gasteiger partial charge in [0.15, 0.2) is 0 Å². The van der Waals surface area contributed by atoms with Crippen molar-refractivity contribution in [3.63, 3.8) is 0 Å². The molecule has 1 aromatic heterocycles. The molecule has 0 saturated carbocycles. The third-order valence-electron chi connectivity index (χ3n) is 2.11. The molecule has 0 radical (unpaired) electrons. The van der Waals surface area contributed by atoms with E-state index in [1.165, 1.54) is 0 Å². The quantitative estimate of drug-likeness (QED) is 0.871. The minimum Gasteiger partial charge on any atom is -0.342 e. The van der Waals surface area contributed by atoms with Gasteiger partial charge in [0.2, 0.25) is 0 Å². The van der Waals surface area contributed by atoms with Gasteiger partial charge in [-0.15, -0.1) is 0 Å². The van der Waals surface area contributed by atoms with E-state index in [2.05, 4.69) is 45.8 Å². The fourth-order valence-electron chi connectivity index (χ4n) is 1.53. The van der Waals surface area contributed by atoms with E-state index < -0.39 is 0 Å². The van der Waals surface area contributed by atoms with Crippen molar-refractivity contribution in [2.24, 2.45) is 5.92 Å². The van der Waals surface area contributed by atoms with E-state index in [0.717, 1.165) is 27.8 Å². The Bertz CT molecular complexity index is 445. The first-order valence-electron chi connectivity index (χ1n) is 4.80. The molecule has 1 aromatic carbocycles. The minimum atomic E-state index is 0.634. The molecule has 2 rings (SSSR count). The van der Waals surface area contributed by atoms with Crippen LogP contribution in [0.2, 0.25) is 0 Å². The molecule has 0 saturated heterocycles. The van der Waals surface area contributed by atoms with Crippen LogP contribution in [0.25, 0.3) is 11.0 Å². The molecule has 3 heteroatoms. The summed E-state index contributed by atoms with van der Waals surface area (Å²) in [4.78, 5) is 7.88. The Labute approximate surface area is 91.9 Å². The molecule has 1 heterocycles. The predicted octanol–water partition coefficient (Wildman–Crippen LogP) is 3.52. The molecule has 0 aliphatic carbocycles. The number of nitrogens with zero attached hydrogens (tertiary/aromatic N) is 1. The zero-order chi connectivity index (χ0) is 10.1. The first-order chi connectivity index (χ1) is 6.66. The second-order valence-electron chi connectivity index (χ2n) is 3.92. The van der Waals surface area contributed by atoms with Crippen molar-refractivity contribution in [2.45, 2.75) is 20.3 Å². The van der Waals surface area contributed by atoms with Gasteiger partial charge in [-0.3, -0.25) is 0 Å². The molecule has 14 heavy (non-hydrogen) atoms. The van der Waals surface area contributed by atoms with E-state index in [1.807, 2.05) is 12.1 Å². The summed E-state index contributed by atoms with van der Waals surface area (Å²) in [6.07, 6.45) is 1.00. The average molecular weight is 253 g/mol. The van der Waals surface area contributed by atoms with E-state index in [9.17, 15) is 0 Å². The van der Waals surface area contributed by atoms with Crippen molar-refractivity contribution >= 4 is 27.0 Å². The number of benzene rings is 1. The zero-order valence-electron chi connectivity index (χ0n) is 8.34. The summed E-state index contributed by atoms with van der Waals surface area (Å²) in [5, 5.41) is 0. The molecule has 0 spiro atoms. The van der Waals surface area contributed by atoms with E-state index in [4.69, 9.17) is 0 Å². The van der Waals surface area contributed by atoms with Crippen molar-refractivity contribution in [2.75, 3.05) is 0 Å². The number of halogens is 1.